The van der Waals surface area contributed by atoms with Gasteiger partial charge in [-0.05, 0) is 72.9 Å². The first kappa shape index (κ1) is 24.3. The Morgan fingerprint density at radius 2 is 1.63 bits per heavy atom. The van der Waals surface area contributed by atoms with E-state index >= 15 is 0 Å². The molecule has 2 aliphatic heterocycles. The van der Waals surface area contributed by atoms with Crippen molar-refractivity contribution in [3.05, 3.63) is 113 Å². The topological polar surface area (TPSA) is 65.7 Å². The fraction of sp³-hybridized carbons (Fsp3) is 0.0357. The Labute approximate surface area is 234 Å². The second kappa shape index (κ2) is 10.4. The maximum absolute atomic E-state index is 6.23. The Kier molecular flexibility index (Phi) is 6.63. The second-order valence-corrected chi connectivity index (χ2v) is 9.98. The average Bonchev–Trinajstić information content (AvgIpc) is 3.07. The molecule has 3 heterocycles. The summed E-state index contributed by atoms with van der Waals surface area (Å²) in [6.07, 6.45) is 1.72. The number of amidine groups is 1. The molecule has 6 rings (SSSR count). The number of hydrogen-bond acceptors (Lipinski definition) is 7. The van der Waals surface area contributed by atoms with Gasteiger partial charge in [0.25, 0.3) is 0 Å². The van der Waals surface area contributed by atoms with Crippen LogP contribution in [0, 0.1) is 0 Å². The summed E-state index contributed by atoms with van der Waals surface area (Å²) < 4.78 is 5.49. The summed E-state index contributed by atoms with van der Waals surface area (Å²) in [7, 11) is 1.61. The maximum atomic E-state index is 6.23. The summed E-state index contributed by atoms with van der Waals surface area (Å²) in [5.74, 6) is 1.76. The first-order chi connectivity index (χ1) is 18.6. The van der Waals surface area contributed by atoms with Gasteiger partial charge in [-0.25, -0.2) is 9.98 Å². The number of para-hydroxylation sites is 2. The third-order valence-electron chi connectivity index (χ3n) is 5.82. The number of aliphatic imine (C=N–C) groups is 1. The zero-order valence-electron chi connectivity index (χ0n) is 20.0. The van der Waals surface area contributed by atoms with Crippen molar-refractivity contribution in [1.82, 2.24) is 4.98 Å². The molecule has 0 saturated carbocycles. The highest BCUT2D eigenvalue weighted by Gasteiger charge is 2.40. The molecule has 186 valence electrons. The molecule has 0 amide bonds. The number of thiocarbonyl (C=S) groups is 1. The number of benzene rings is 3. The predicted octanol–water partition coefficient (Wildman–Crippen LogP) is 8.14. The van der Waals surface area contributed by atoms with Crippen molar-refractivity contribution in [3.8, 4) is 5.75 Å². The minimum absolute atomic E-state index is 0.483. The van der Waals surface area contributed by atoms with Crippen molar-refractivity contribution in [2.45, 2.75) is 4.90 Å². The van der Waals surface area contributed by atoms with Crippen LogP contribution in [0.5, 0.6) is 5.75 Å². The van der Waals surface area contributed by atoms with Crippen molar-refractivity contribution in [2.24, 2.45) is 15.2 Å². The molecule has 2 aliphatic rings. The molecule has 0 fully saturated rings. The van der Waals surface area contributed by atoms with Gasteiger partial charge in [0.1, 0.15) is 22.3 Å². The van der Waals surface area contributed by atoms with Gasteiger partial charge in [-0.1, -0.05) is 53.7 Å². The zero-order valence-corrected chi connectivity index (χ0v) is 22.4. The SMILES string of the molecule is COc1ccccc1N=NC1=C2Sc3ccccc3N=C1N(c1ccccn1)C(=S)N2c1ccc(Cl)cc1. The monoisotopic (exact) mass is 554 g/mol. The molecule has 0 spiro atoms. The van der Waals surface area contributed by atoms with Crippen LogP contribution < -0.4 is 14.5 Å². The number of methoxy groups -OCH3 is 1. The summed E-state index contributed by atoms with van der Waals surface area (Å²) in [5, 5.41) is 11.2. The van der Waals surface area contributed by atoms with Crippen LogP contribution in [0.4, 0.5) is 22.9 Å². The second-order valence-electron chi connectivity index (χ2n) is 8.15. The Balaban J connectivity index is 1.62. The van der Waals surface area contributed by atoms with E-state index in [1.54, 1.807) is 13.3 Å². The van der Waals surface area contributed by atoms with Gasteiger partial charge in [0.05, 0.1) is 12.8 Å². The van der Waals surface area contributed by atoms with Crippen molar-refractivity contribution in [2.75, 3.05) is 16.9 Å². The molecule has 2 bridgehead atoms. The fourth-order valence-electron chi connectivity index (χ4n) is 4.05. The van der Waals surface area contributed by atoms with Crippen LogP contribution >= 0.6 is 35.6 Å². The highest BCUT2D eigenvalue weighted by molar-refractivity contribution is 8.03. The Bertz CT molecular complexity index is 1620. The molecule has 7 nitrogen and oxygen atoms in total. The molecule has 0 saturated heterocycles. The highest BCUT2D eigenvalue weighted by Crippen LogP contribution is 2.46. The van der Waals surface area contributed by atoms with Crippen LogP contribution in [0.3, 0.4) is 0 Å². The number of thioether (sulfide) groups is 1. The van der Waals surface area contributed by atoms with Gasteiger partial charge in [0.15, 0.2) is 16.6 Å². The molecule has 1 aromatic heterocycles. The molecule has 0 N–H and O–H groups in total. The van der Waals surface area contributed by atoms with Crippen molar-refractivity contribution >= 4 is 69.4 Å². The Morgan fingerprint density at radius 3 is 2.42 bits per heavy atom. The zero-order chi connectivity index (χ0) is 26.1. The molecule has 0 atom stereocenters. The third-order valence-corrected chi connectivity index (χ3v) is 7.57. The predicted molar refractivity (Wildman–Crippen MR) is 157 cm³/mol. The van der Waals surface area contributed by atoms with Gasteiger partial charge in [0, 0.05) is 21.8 Å². The molecule has 38 heavy (non-hydrogen) atoms. The summed E-state index contributed by atoms with van der Waals surface area (Å²) >= 11 is 13.9. The summed E-state index contributed by atoms with van der Waals surface area (Å²) in [6, 6.07) is 28.6. The number of anilines is 2. The standard InChI is InChI=1S/C28H19ClN6OS2/c1-36-22-10-4-2-8-20(22)32-33-25-26-31-21-9-3-5-11-23(21)38-27(25)34(19-15-13-18(29)14-16-19)28(37)35(26)24-12-6-7-17-30-24/h2-17H,1H3. The quantitative estimate of drug-likeness (QED) is 0.183. The van der Waals surface area contributed by atoms with Gasteiger partial charge in [-0.15, -0.1) is 10.2 Å². The van der Waals surface area contributed by atoms with E-state index in [0.29, 0.717) is 38.9 Å². The van der Waals surface area contributed by atoms with Crippen LogP contribution in [-0.4, -0.2) is 23.0 Å². The van der Waals surface area contributed by atoms with Crippen LogP contribution in [0.15, 0.2) is 128 Å². The molecular weight excluding hydrogens is 536 g/mol. The van der Waals surface area contributed by atoms with Crippen LogP contribution in [0.25, 0.3) is 0 Å². The van der Waals surface area contributed by atoms with Crippen LogP contribution in [-0.2, 0) is 0 Å². The van der Waals surface area contributed by atoms with Crippen molar-refractivity contribution in [1.29, 1.82) is 0 Å². The fourth-order valence-corrected chi connectivity index (χ4v) is 5.70. The van der Waals surface area contributed by atoms with Crippen molar-refractivity contribution < 1.29 is 4.74 Å². The lowest BCUT2D eigenvalue weighted by Crippen LogP contribution is -2.51. The number of azo groups is 1. The molecule has 0 radical (unpaired) electrons. The van der Waals surface area contributed by atoms with Gasteiger partial charge >= 0.3 is 0 Å². The third kappa shape index (κ3) is 4.45. The average molecular weight is 555 g/mol. The molecule has 3 aromatic carbocycles. The summed E-state index contributed by atoms with van der Waals surface area (Å²) in [6.45, 7) is 0. The van der Waals surface area contributed by atoms with Crippen molar-refractivity contribution in [3.63, 3.8) is 0 Å². The highest BCUT2D eigenvalue weighted by atomic mass is 35.5. The van der Waals surface area contributed by atoms with E-state index in [1.165, 1.54) is 11.8 Å². The van der Waals surface area contributed by atoms with Gasteiger partial charge < -0.3 is 4.74 Å². The first-order valence-electron chi connectivity index (χ1n) is 11.6. The smallest absolute Gasteiger partial charge is 0.192 e. The number of hydrogen-bond donors (Lipinski definition) is 0. The number of rotatable bonds is 5. The molecule has 0 unspecified atom stereocenters. The van der Waals surface area contributed by atoms with Crippen LogP contribution in [0.1, 0.15) is 0 Å². The Hall–Kier alpha value is -4.05. The van der Waals surface area contributed by atoms with Gasteiger partial charge in [-0.2, -0.15) is 0 Å². The van der Waals surface area contributed by atoms with E-state index in [1.807, 2.05) is 101 Å². The summed E-state index contributed by atoms with van der Waals surface area (Å²) in [5.41, 5.74) is 2.77. The number of ether oxygens (including phenoxy) is 1. The number of fused-ring (bicyclic) bond motifs is 2. The minimum atomic E-state index is 0.483. The number of halogens is 1. The number of nitrogens with zero attached hydrogens (tertiary/aromatic N) is 6. The normalized spacial score (nSPS) is 14.9. The van der Waals surface area contributed by atoms with Gasteiger partial charge in [-0.3, -0.25) is 9.80 Å². The van der Waals surface area contributed by atoms with Crippen LogP contribution in [0.2, 0.25) is 5.02 Å². The van der Waals surface area contributed by atoms with E-state index < -0.39 is 0 Å². The molecule has 4 aromatic rings. The largest absolute Gasteiger partial charge is 0.494 e. The Morgan fingerprint density at radius 1 is 0.868 bits per heavy atom. The minimum Gasteiger partial charge on any atom is -0.494 e. The molecule has 10 heteroatoms. The van der Waals surface area contributed by atoms with E-state index in [9.17, 15) is 0 Å². The lowest BCUT2D eigenvalue weighted by atomic mass is 10.2. The van der Waals surface area contributed by atoms with E-state index in [4.69, 9.17) is 38.7 Å². The van der Waals surface area contributed by atoms with E-state index in [0.717, 1.165) is 21.3 Å². The molecule has 0 aliphatic carbocycles. The van der Waals surface area contributed by atoms with E-state index in [-0.39, 0.29) is 0 Å². The lowest BCUT2D eigenvalue weighted by Gasteiger charge is -2.38. The number of aromatic nitrogens is 1. The maximum Gasteiger partial charge on any atom is 0.192 e. The van der Waals surface area contributed by atoms with E-state index in [2.05, 4.69) is 10.1 Å². The summed E-state index contributed by atoms with van der Waals surface area (Å²) in [4.78, 5) is 14.4. The van der Waals surface area contributed by atoms with Gasteiger partial charge in [0.2, 0.25) is 0 Å². The molecular formula is C28H19ClN6OS2. The first-order valence-corrected chi connectivity index (χ1v) is 13.2. The lowest BCUT2D eigenvalue weighted by molar-refractivity contribution is 0.416. The number of pyridine rings is 1.